The zero-order chi connectivity index (χ0) is 17.0. The van der Waals surface area contributed by atoms with Crippen LogP contribution in [-0.2, 0) is 4.57 Å². The topological polar surface area (TPSA) is 43.4 Å². The van der Waals surface area contributed by atoms with E-state index in [0.717, 1.165) is 0 Å². The maximum Gasteiger partial charge on any atom is 0.306 e. The fourth-order valence-corrected chi connectivity index (χ4v) is 4.47. The molecule has 0 aliphatic rings. The van der Waals surface area contributed by atoms with Crippen LogP contribution in [0, 0.1) is 0 Å². The van der Waals surface area contributed by atoms with Gasteiger partial charge in [-0.05, 0) is 43.3 Å². The summed E-state index contributed by atoms with van der Waals surface area (Å²) in [5.41, 5.74) is 0.528. The van der Waals surface area contributed by atoms with E-state index in [9.17, 15) is 9.36 Å². The molecule has 0 saturated carbocycles. The van der Waals surface area contributed by atoms with E-state index >= 15 is 0 Å². The maximum atomic E-state index is 13.8. The number of Topliss-reactive ketones (excluding diaryl/α,β-unsaturated/α-hetero) is 1. The lowest BCUT2D eigenvalue weighted by Gasteiger charge is -2.20. The van der Waals surface area contributed by atoms with Crippen LogP contribution in [-0.4, -0.2) is 5.78 Å². The van der Waals surface area contributed by atoms with Gasteiger partial charge < -0.3 is 4.52 Å². The molecule has 24 heavy (non-hydrogen) atoms. The first-order chi connectivity index (χ1) is 11.6. The molecule has 0 amide bonds. The van der Waals surface area contributed by atoms with Crippen molar-refractivity contribution in [2.45, 2.75) is 6.92 Å². The van der Waals surface area contributed by atoms with Crippen molar-refractivity contribution in [3.8, 4) is 5.75 Å². The predicted molar refractivity (Wildman–Crippen MR) is 96.8 cm³/mol. The van der Waals surface area contributed by atoms with Gasteiger partial charge >= 0.3 is 7.37 Å². The van der Waals surface area contributed by atoms with Crippen LogP contribution in [0.1, 0.15) is 17.3 Å². The molecule has 0 aliphatic carbocycles. The first kappa shape index (κ1) is 16.2. The molecule has 0 radical (unpaired) electrons. The second-order valence-corrected chi connectivity index (χ2v) is 7.72. The number of carbonyl (C=O) groups is 1. The molecule has 3 aromatic rings. The minimum absolute atomic E-state index is 0.0605. The smallest absolute Gasteiger partial charge is 0.306 e. The Morgan fingerprint density at radius 1 is 0.792 bits per heavy atom. The van der Waals surface area contributed by atoms with Crippen LogP contribution in [0.5, 0.6) is 5.75 Å². The Kier molecular flexibility index (Phi) is 4.64. The van der Waals surface area contributed by atoms with Crippen LogP contribution in [0.3, 0.4) is 0 Å². The van der Waals surface area contributed by atoms with E-state index in [1.165, 1.54) is 6.92 Å². The number of benzene rings is 3. The summed E-state index contributed by atoms with van der Waals surface area (Å²) in [5.74, 6) is 0.355. The summed E-state index contributed by atoms with van der Waals surface area (Å²) < 4.78 is 19.7. The Balaban J connectivity index is 2.08. The van der Waals surface area contributed by atoms with E-state index in [0.29, 0.717) is 21.9 Å². The van der Waals surface area contributed by atoms with E-state index in [1.807, 2.05) is 36.4 Å². The van der Waals surface area contributed by atoms with Gasteiger partial charge in [-0.3, -0.25) is 9.36 Å². The van der Waals surface area contributed by atoms with Crippen molar-refractivity contribution in [2.24, 2.45) is 0 Å². The molecule has 4 heteroatoms. The summed E-state index contributed by atoms with van der Waals surface area (Å²) in [7, 11) is -3.31. The first-order valence-corrected chi connectivity index (χ1v) is 9.24. The Morgan fingerprint density at radius 3 is 1.83 bits per heavy atom. The molecular weight excluding hydrogens is 319 g/mol. The van der Waals surface area contributed by atoms with Crippen LogP contribution >= 0.6 is 7.37 Å². The largest absolute Gasteiger partial charge is 0.437 e. The Morgan fingerprint density at radius 2 is 1.33 bits per heavy atom. The highest BCUT2D eigenvalue weighted by Gasteiger charge is 2.30. The molecule has 0 atom stereocenters. The van der Waals surface area contributed by atoms with Gasteiger partial charge in [0.05, 0.1) is 10.6 Å². The van der Waals surface area contributed by atoms with E-state index < -0.39 is 7.37 Å². The lowest BCUT2D eigenvalue weighted by molar-refractivity contribution is 0.101. The van der Waals surface area contributed by atoms with Crippen LogP contribution in [0.2, 0.25) is 0 Å². The van der Waals surface area contributed by atoms with Gasteiger partial charge in [-0.25, -0.2) is 0 Å². The molecule has 0 saturated heterocycles. The van der Waals surface area contributed by atoms with Gasteiger partial charge in [-0.1, -0.05) is 48.5 Å². The summed E-state index contributed by atoms with van der Waals surface area (Å²) in [4.78, 5) is 11.6. The quantitative estimate of drug-likeness (QED) is 0.518. The van der Waals surface area contributed by atoms with Gasteiger partial charge in [0.1, 0.15) is 5.75 Å². The van der Waals surface area contributed by atoms with Crippen LogP contribution < -0.4 is 15.1 Å². The third-order valence-electron chi connectivity index (χ3n) is 3.67. The van der Waals surface area contributed by atoms with Crippen molar-refractivity contribution >= 4 is 23.8 Å². The molecule has 0 heterocycles. The van der Waals surface area contributed by atoms with Gasteiger partial charge in [0.2, 0.25) is 0 Å². The minimum Gasteiger partial charge on any atom is -0.437 e. The lowest BCUT2D eigenvalue weighted by atomic mass is 10.1. The number of rotatable bonds is 5. The Labute approximate surface area is 141 Å². The van der Waals surface area contributed by atoms with E-state index in [2.05, 4.69) is 0 Å². The molecule has 0 spiro atoms. The number of hydrogen-bond acceptors (Lipinski definition) is 3. The molecule has 0 fully saturated rings. The van der Waals surface area contributed by atoms with Gasteiger partial charge in [-0.15, -0.1) is 0 Å². The van der Waals surface area contributed by atoms with E-state index in [1.54, 1.807) is 48.5 Å². The normalized spacial score (nSPS) is 11.0. The SMILES string of the molecule is CC(=O)c1cccc(OP(=O)(c2ccccc2)c2ccccc2)c1. The summed E-state index contributed by atoms with van der Waals surface area (Å²) in [6, 6.07) is 25.0. The van der Waals surface area contributed by atoms with Crippen LogP contribution in [0.25, 0.3) is 0 Å². The van der Waals surface area contributed by atoms with Crippen molar-refractivity contribution in [1.82, 2.24) is 0 Å². The molecule has 3 nitrogen and oxygen atoms in total. The second kappa shape index (κ2) is 6.86. The molecule has 120 valence electrons. The van der Waals surface area contributed by atoms with Gasteiger partial charge in [0.15, 0.2) is 5.78 Å². The van der Waals surface area contributed by atoms with Crippen molar-refractivity contribution in [3.63, 3.8) is 0 Å². The molecule has 3 aromatic carbocycles. The first-order valence-electron chi connectivity index (χ1n) is 7.61. The van der Waals surface area contributed by atoms with Crippen molar-refractivity contribution in [1.29, 1.82) is 0 Å². The fourth-order valence-electron chi connectivity index (χ4n) is 2.42. The van der Waals surface area contributed by atoms with Crippen molar-refractivity contribution in [2.75, 3.05) is 0 Å². The van der Waals surface area contributed by atoms with E-state index in [4.69, 9.17) is 4.52 Å². The van der Waals surface area contributed by atoms with Gasteiger partial charge in [-0.2, -0.15) is 0 Å². The van der Waals surface area contributed by atoms with Gasteiger partial charge in [0, 0.05) is 5.56 Å². The standard InChI is InChI=1S/C20H17O3P/c1-16(21)17-9-8-10-18(15-17)23-24(22,19-11-4-2-5-12-19)20-13-6-3-7-14-20/h2-15H,1H3. The number of ketones is 1. The fraction of sp³-hybridized carbons (Fsp3) is 0.0500. The number of hydrogen-bond donors (Lipinski definition) is 0. The minimum atomic E-state index is -3.31. The molecule has 0 aliphatic heterocycles. The molecular formula is C20H17O3P. The van der Waals surface area contributed by atoms with Crippen LogP contribution in [0.4, 0.5) is 0 Å². The highest BCUT2D eigenvalue weighted by Crippen LogP contribution is 2.45. The lowest BCUT2D eigenvalue weighted by Crippen LogP contribution is -2.20. The zero-order valence-corrected chi connectivity index (χ0v) is 14.1. The molecule has 0 unspecified atom stereocenters. The average Bonchev–Trinajstić information content (AvgIpc) is 2.63. The summed E-state index contributed by atoms with van der Waals surface area (Å²) in [6.07, 6.45) is 0. The Hall–Kier alpha value is -2.64. The van der Waals surface area contributed by atoms with Crippen molar-refractivity contribution in [3.05, 3.63) is 90.5 Å². The van der Waals surface area contributed by atoms with E-state index in [-0.39, 0.29) is 5.78 Å². The van der Waals surface area contributed by atoms with Crippen molar-refractivity contribution < 1.29 is 13.9 Å². The second-order valence-electron chi connectivity index (χ2n) is 5.40. The zero-order valence-electron chi connectivity index (χ0n) is 13.3. The molecule has 3 rings (SSSR count). The number of carbonyl (C=O) groups excluding carboxylic acids is 1. The molecule has 0 aromatic heterocycles. The third-order valence-corrected chi connectivity index (χ3v) is 6.09. The maximum absolute atomic E-state index is 13.8. The summed E-state index contributed by atoms with van der Waals surface area (Å²) >= 11 is 0. The highest BCUT2D eigenvalue weighted by atomic mass is 31.2. The Bertz CT molecular complexity index is 846. The summed E-state index contributed by atoms with van der Waals surface area (Å²) in [5, 5.41) is 1.23. The third kappa shape index (κ3) is 3.32. The molecule has 0 bridgehead atoms. The highest BCUT2D eigenvalue weighted by molar-refractivity contribution is 7.74. The summed E-state index contributed by atoms with van der Waals surface area (Å²) in [6.45, 7) is 1.49. The molecule has 0 N–H and O–H groups in total. The van der Waals surface area contributed by atoms with Gasteiger partial charge in [0.25, 0.3) is 0 Å². The predicted octanol–water partition coefficient (Wildman–Crippen LogP) is 4.20. The van der Waals surface area contributed by atoms with Crippen LogP contribution in [0.15, 0.2) is 84.9 Å². The average molecular weight is 336 g/mol. The monoisotopic (exact) mass is 336 g/mol.